The molecule has 6 heteroatoms. The van der Waals surface area contributed by atoms with Crippen molar-refractivity contribution in [1.82, 2.24) is 8.96 Å². The lowest BCUT2D eigenvalue weighted by atomic mass is 9.91. The van der Waals surface area contributed by atoms with Gasteiger partial charge in [0.05, 0.1) is 27.2 Å². The lowest BCUT2D eigenvalue weighted by molar-refractivity contribution is 0.0792. The van der Waals surface area contributed by atoms with Gasteiger partial charge in [-0.15, -0.1) is 0 Å². The van der Waals surface area contributed by atoms with Crippen LogP contribution in [0.15, 0.2) is 83.9 Å². The number of aromatic nitrogens is 2. The van der Waals surface area contributed by atoms with E-state index in [1.54, 1.807) is 62.4 Å². The lowest BCUT2D eigenvalue weighted by Crippen LogP contribution is -2.16. The van der Waals surface area contributed by atoms with Gasteiger partial charge in [0.25, 0.3) is 10.0 Å². The number of aliphatic hydroxyl groups is 1. The van der Waals surface area contributed by atoms with Crippen LogP contribution in [0.1, 0.15) is 19.4 Å². The number of hydrogen-bond donors (Lipinski definition) is 1. The number of pyridine rings is 1. The van der Waals surface area contributed by atoms with Crippen molar-refractivity contribution in [3.63, 3.8) is 0 Å². The molecule has 4 rings (SSSR count). The highest BCUT2D eigenvalue weighted by Crippen LogP contribution is 2.32. The molecule has 0 radical (unpaired) electrons. The number of benzene rings is 2. The van der Waals surface area contributed by atoms with Crippen molar-refractivity contribution in [1.29, 1.82) is 0 Å². The first-order valence-corrected chi connectivity index (χ1v) is 10.3. The number of nitrogens with zero attached hydrogens (tertiary/aromatic N) is 2. The van der Waals surface area contributed by atoms with Crippen molar-refractivity contribution >= 4 is 21.1 Å². The Bertz CT molecular complexity index is 1250. The van der Waals surface area contributed by atoms with Gasteiger partial charge in [0.15, 0.2) is 0 Å². The van der Waals surface area contributed by atoms with E-state index in [1.807, 2.05) is 24.3 Å². The molecular weight excluding hydrogens is 372 g/mol. The van der Waals surface area contributed by atoms with Gasteiger partial charge in [-0.3, -0.25) is 0 Å². The minimum Gasteiger partial charge on any atom is -0.386 e. The van der Waals surface area contributed by atoms with E-state index < -0.39 is 15.6 Å². The van der Waals surface area contributed by atoms with Crippen molar-refractivity contribution in [2.24, 2.45) is 0 Å². The molecule has 2 aromatic heterocycles. The average molecular weight is 392 g/mol. The molecule has 0 atom stereocenters. The summed E-state index contributed by atoms with van der Waals surface area (Å²) in [6.45, 7) is 3.46. The number of rotatable bonds is 4. The number of fused-ring (bicyclic) bond motifs is 1. The molecular formula is C22H20N2O3S. The first kappa shape index (κ1) is 18.4. The van der Waals surface area contributed by atoms with Gasteiger partial charge in [0.1, 0.15) is 0 Å². The molecule has 0 unspecified atom stereocenters. The molecule has 0 bridgehead atoms. The predicted octanol–water partition coefficient (Wildman–Crippen LogP) is 4.17. The van der Waals surface area contributed by atoms with Gasteiger partial charge in [-0.25, -0.2) is 17.4 Å². The summed E-state index contributed by atoms with van der Waals surface area (Å²) < 4.78 is 27.1. The second kappa shape index (κ2) is 6.58. The standard InChI is InChI=1S/C22H20N2O3S/c1-22(2,25)18-11-7-6-10-17(18)19-12-13-21-20(23-19)14-15-24(21)28(26,27)16-8-4-3-5-9-16/h3-15,25H,1-2H3. The molecule has 0 saturated carbocycles. The fourth-order valence-electron chi connectivity index (χ4n) is 3.30. The SMILES string of the molecule is CC(C)(O)c1ccccc1-c1ccc2c(ccn2S(=O)(=O)c2ccccc2)n1. The van der Waals surface area contributed by atoms with Crippen LogP contribution in [-0.4, -0.2) is 22.5 Å². The fraction of sp³-hybridized carbons (Fsp3) is 0.136. The molecule has 0 fully saturated rings. The van der Waals surface area contributed by atoms with Gasteiger partial charge >= 0.3 is 0 Å². The largest absolute Gasteiger partial charge is 0.386 e. The third kappa shape index (κ3) is 3.10. The van der Waals surface area contributed by atoms with Gasteiger partial charge in [-0.2, -0.15) is 0 Å². The Balaban J connectivity index is 1.85. The second-order valence-electron chi connectivity index (χ2n) is 7.14. The first-order chi connectivity index (χ1) is 13.3. The molecule has 1 N–H and O–H groups in total. The van der Waals surface area contributed by atoms with Crippen LogP contribution in [0, 0.1) is 0 Å². The van der Waals surface area contributed by atoms with Crippen LogP contribution in [0.3, 0.4) is 0 Å². The molecule has 5 nitrogen and oxygen atoms in total. The zero-order valence-corrected chi connectivity index (χ0v) is 16.4. The quantitative estimate of drug-likeness (QED) is 0.566. The van der Waals surface area contributed by atoms with Gasteiger partial charge in [-0.1, -0.05) is 42.5 Å². The zero-order chi connectivity index (χ0) is 19.9. The van der Waals surface area contributed by atoms with Crippen molar-refractivity contribution in [2.45, 2.75) is 24.3 Å². The summed E-state index contributed by atoms with van der Waals surface area (Å²) in [7, 11) is -3.69. The summed E-state index contributed by atoms with van der Waals surface area (Å²) in [6, 6.07) is 21.1. The molecule has 0 aliphatic carbocycles. The molecule has 0 amide bonds. The van der Waals surface area contributed by atoms with E-state index in [1.165, 1.54) is 10.2 Å². The Morgan fingerprint density at radius 2 is 1.57 bits per heavy atom. The normalized spacial score (nSPS) is 12.4. The van der Waals surface area contributed by atoms with E-state index in [0.717, 1.165) is 11.1 Å². The molecule has 0 spiro atoms. The van der Waals surface area contributed by atoms with Crippen LogP contribution >= 0.6 is 0 Å². The number of hydrogen-bond acceptors (Lipinski definition) is 4. The molecule has 0 aliphatic heterocycles. The first-order valence-electron chi connectivity index (χ1n) is 8.89. The minimum absolute atomic E-state index is 0.226. The summed E-state index contributed by atoms with van der Waals surface area (Å²) in [5, 5.41) is 10.5. The van der Waals surface area contributed by atoms with Crippen molar-refractivity contribution < 1.29 is 13.5 Å². The second-order valence-corrected chi connectivity index (χ2v) is 8.95. The Morgan fingerprint density at radius 3 is 2.29 bits per heavy atom. The van der Waals surface area contributed by atoms with E-state index in [9.17, 15) is 13.5 Å². The Labute approximate surface area is 164 Å². The van der Waals surface area contributed by atoms with Crippen molar-refractivity contribution in [3.8, 4) is 11.3 Å². The summed E-state index contributed by atoms with van der Waals surface area (Å²) >= 11 is 0. The zero-order valence-electron chi connectivity index (χ0n) is 15.6. The smallest absolute Gasteiger partial charge is 0.268 e. The molecule has 28 heavy (non-hydrogen) atoms. The van der Waals surface area contributed by atoms with Crippen LogP contribution in [0.25, 0.3) is 22.3 Å². The third-order valence-corrected chi connectivity index (χ3v) is 6.37. The highest BCUT2D eigenvalue weighted by molar-refractivity contribution is 7.90. The van der Waals surface area contributed by atoms with Crippen molar-refractivity contribution in [3.05, 3.63) is 84.6 Å². The van der Waals surface area contributed by atoms with Gasteiger partial charge < -0.3 is 5.11 Å². The Morgan fingerprint density at radius 1 is 0.893 bits per heavy atom. The molecule has 0 saturated heterocycles. The van der Waals surface area contributed by atoms with Crippen LogP contribution in [0.2, 0.25) is 0 Å². The maximum absolute atomic E-state index is 13.0. The summed E-state index contributed by atoms with van der Waals surface area (Å²) in [6.07, 6.45) is 1.52. The van der Waals surface area contributed by atoms with E-state index in [0.29, 0.717) is 16.7 Å². The van der Waals surface area contributed by atoms with Crippen molar-refractivity contribution in [2.75, 3.05) is 0 Å². The predicted molar refractivity (Wildman–Crippen MR) is 109 cm³/mol. The highest BCUT2D eigenvalue weighted by Gasteiger charge is 2.22. The summed E-state index contributed by atoms with van der Waals surface area (Å²) in [4.78, 5) is 4.88. The maximum atomic E-state index is 13.0. The van der Waals surface area contributed by atoms with Crippen LogP contribution in [-0.2, 0) is 15.6 Å². The molecule has 4 aromatic rings. The van der Waals surface area contributed by atoms with E-state index in [-0.39, 0.29) is 4.90 Å². The average Bonchev–Trinajstić information content (AvgIpc) is 3.12. The van der Waals surface area contributed by atoms with Gasteiger partial charge in [-0.05, 0) is 49.7 Å². The minimum atomic E-state index is -3.69. The molecule has 2 aromatic carbocycles. The van der Waals surface area contributed by atoms with Crippen LogP contribution < -0.4 is 0 Å². The topological polar surface area (TPSA) is 72.2 Å². The molecule has 0 aliphatic rings. The van der Waals surface area contributed by atoms with Crippen LogP contribution in [0.4, 0.5) is 0 Å². The molecule has 142 valence electrons. The summed E-state index contributed by atoms with van der Waals surface area (Å²) in [5.74, 6) is 0. The summed E-state index contributed by atoms with van der Waals surface area (Å²) in [5.41, 5.74) is 2.32. The van der Waals surface area contributed by atoms with E-state index >= 15 is 0 Å². The Hall–Kier alpha value is -2.96. The molecule has 2 heterocycles. The van der Waals surface area contributed by atoms with E-state index in [4.69, 9.17) is 0 Å². The monoisotopic (exact) mass is 392 g/mol. The van der Waals surface area contributed by atoms with Crippen LogP contribution in [0.5, 0.6) is 0 Å². The third-order valence-electron chi connectivity index (χ3n) is 4.67. The van der Waals surface area contributed by atoms with E-state index in [2.05, 4.69) is 4.98 Å². The highest BCUT2D eigenvalue weighted by atomic mass is 32.2. The lowest BCUT2D eigenvalue weighted by Gasteiger charge is -2.21. The van der Waals surface area contributed by atoms with Gasteiger partial charge in [0.2, 0.25) is 0 Å². The fourth-order valence-corrected chi connectivity index (χ4v) is 4.66. The van der Waals surface area contributed by atoms with Gasteiger partial charge in [0, 0.05) is 11.8 Å². The Kier molecular flexibility index (Phi) is 4.33. The maximum Gasteiger partial charge on any atom is 0.268 e.